The van der Waals surface area contributed by atoms with Gasteiger partial charge in [-0.1, -0.05) is 19.9 Å². The van der Waals surface area contributed by atoms with E-state index in [2.05, 4.69) is 0 Å². The number of benzene rings is 1. The summed E-state index contributed by atoms with van der Waals surface area (Å²) >= 11 is 0. The van der Waals surface area contributed by atoms with Crippen LogP contribution in [-0.4, -0.2) is 19.8 Å². The largest absolute Gasteiger partial charge is 0.490 e. The molecule has 0 bridgehead atoms. The highest BCUT2D eigenvalue weighted by atomic mass is 19.1. The van der Waals surface area contributed by atoms with Crippen molar-refractivity contribution in [1.82, 2.24) is 0 Å². The standard InChI is InChI=1S/C15H22FNO2/c1-10(2)12(9-17)15(16)11-4-5-13-14(8-11)19-7-3-6-18-13/h4-5,8,10,12,15H,3,6-7,9,17H2,1-2H3. The highest BCUT2D eigenvalue weighted by molar-refractivity contribution is 5.44. The summed E-state index contributed by atoms with van der Waals surface area (Å²) in [6, 6.07) is 5.30. The number of fused-ring (bicyclic) bond motifs is 1. The lowest BCUT2D eigenvalue weighted by atomic mass is 9.87. The van der Waals surface area contributed by atoms with Crippen LogP contribution in [0.25, 0.3) is 0 Å². The molecule has 1 aliphatic rings. The molecule has 106 valence electrons. The molecule has 1 heterocycles. The molecule has 0 saturated heterocycles. The summed E-state index contributed by atoms with van der Waals surface area (Å²) in [7, 11) is 0. The van der Waals surface area contributed by atoms with Crippen LogP contribution in [0.3, 0.4) is 0 Å². The van der Waals surface area contributed by atoms with Crippen molar-refractivity contribution in [2.75, 3.05) is 19.8 Å². The van der Waals surface area contributed by atoms with Crippen molar-refractivity contribution in [3.8, 4) is 11.5 Å². The van der Waals surface area contributed by atoms with Gasteiger partial charge in [0.1, 0.15) is 6.17 Å². The van der Waals surface area contributed by atoms with E-state index in [1.807, 2.05) is 13.8 Å². The lowest BCUT2D eigenvalue weighted by Gasteiger charge is -2.23. The second kappa shape index (κ2) is 6.24. The van der Waals surface area contributed by atoms with Crippen molar-refractivity contribution < 1.29 is 13.9 Å². The van der Waals surface area contributed by atoms with Crippen LogP contribution in [0.1, 0.15) is 32.0 Å². The molecule has 0 spiro atoms. The third-order valence-electron chi connectivity index (χ3n) is 3.59. The summed E-state index contributed by atoms with van der Waals surface area (Å²) in [4.78, 5) is 0. The molecule has 2 rings (SSSR count). The Labute approximate surface area is 113 Å². The molecule has 3 nitrogen and oxygen atoms in total. The minimum atomic E-state index is -1.07. The molecule has 0 saturated carbocycles. The average molecular weight is 267 g/mol. The smallest absolute Gasteiger partial charge is 0.161 e. The SMILES string of the molecule is CC(C)C(CN)C(F)c1ccc2c(c1)OCCCO2. The monoisotopic (exact) mass is 267 g/mol. The fourth-order valence-corrected chi connectivity index (χ4v) is 2.33. The highest BCUT2D eigenvalue weighted by Crippen LogP contribution is 2.37. The van der Waals surface area contributed by atoms with E-state index in [4.69, 9.17) is 15.2 Å². The van der Waals surface area contributed by atoms with Crippen LogP contribution >= 0.6 is 0 Å². The molecule has 0 aliphatic carbocycles. The van der Waals surface area contributed by atoms with E-state index < -0.39 is 6.17 Å². The first-order valence-electron chi connectivity index (χ1n) is 6.87. The van der Waals surface area contributed by atoms with E-state index >= 15 is 0 Å². The van der Waals surface area contributed by atoms with Gasteiger partial charge in [-0.2, -0.15) is 0 Å². The number of rotatable bonds is 4. The van der Waals surface area contributed by atoms with Crippen molar-refractivity contribution in [3.63, 3.8) is 0 Å². The van der Waals surface area contributed by atoms with Gasteiger partial charge in [0.15, 0.2) is 11.5 Å². The maximum absolute atomic E-state index is 14.5. The quantitative estimate of drug-likeness (QED) is 0.911. The van der Waals surface area contributed by atoms with E-state index in [0.717, 1.165) is 6.42 Å². The summed E-state index contributed by atoms with van der Waals surface area (Å²) in [6.07, 6.45) is -0.220. The fraction of sp³-hybridized carbons (Fsp3) is 0.600. The molecule has 2 atom stereocenters. The molecular weight excluding hydrogens is 245 g/mol. The molecule has 2 unspecified atom stereocenters. The lowest BCUT2D eigenvalue weighted by molar-refractivity contribution is 0.188. The molecule has 1 aromatic carbocycles. The van der Waals surface area contributed by atoms with Gasteiger partial charge >= 0.3 is 0 Å². The second-order valence-electron chi connectivity index (χ2n) is 5.30. The average Bonchev–Trinajstić information content (AvgIpc) is 2.63. The van der Waals surface area contributed by atoms with Gasteiger partial charge in [-0.25, -0.2) is 4.39 Å². The number of halogens is 1. The van der Waals surface area contributed by atoms with Gasteiger partial charge in [-0.3, -0.25) is 0 Å². The zero-order valence-corrected chi connectivity index (χ0v) is 11.6. The minimum absolute atomic E-state index is 0.176. The Bertz CT molecular complexity index is 423. The van der Waals surface area contributed by atoms with Crippen molar-refractivity contribution in [2.24, 2.45) is 17.6 Å². The van der Waals surface area contributed by atoms with Crippen molar-refractivity contribution in [1.29, 1.82) is 0 Å². The van der Waals surface area contributed by atoms with Crippen molar-refractivity contribution in [3.05, 3.63) is 23.8 Å². The zero-order chi connectivity index (χ0) is 13.8. The third kappa shape index (κ3) is 3.18. The van der Waals surface area contributed by atoms with Crippen LogP contribution in [0, 0.1) is 11.8 Å². The predicted octanol–water partition coefficient (Wildman–Crippen LogP) is 3.09. The van der Waals surface area contributed by atoms with Gasteiger partial charge < -0.3 is 15.2 Å². The number of nitrogens with two attached hydrogens (primary N) is 1. The molecule has 1 aromatic rings. The first-order valence-corrected chi connectivity index (χ1v) is 6.87. The van der Waals surface area contributed by atoms with Gasteiger partial charge in [-0.15, -0.1) is 0 Å². The summed E-state index contributed by atoms with van der Waals surface area (Å²) in [5.41, 5.74) is 6.30. The topological polar surface area (TPSA) is 44.5 Å². The van der Waals surface area contributed by atoms with Crippen molar-refractivity contribution in [2.45, 2.75) is 26.4 Å². The molecule has 1 aliphatic heterocycles. The van der Waals surface area contributed by atoms with E-state index in [-0.39, 0.29) is 11.8 Å². The van der Waals surface area contributed by atoms with Crippen LogP contribution in [0.2, 0.25) is 0 Å². The van der Waals surface area contributed by atoms with Gasteiger partial charge in [0, 0.05) is 12.3 Å². The second-order valence-corrected chi connectivity index (χ2v) is 5.30. The summed E-state index contributed by atoms with van der Waals surface area (Å²) in [6.45, 7) is 5.58. The van der Waals surface area contributed by atoms with Gasteiger partial charge in [-0.05, 0) is 30.2 Å². The van der Waals surface area contributed by atoms with E-state index in [0.29, 0.717) is 36.8 Å². The van der Waals surface area contributed by atoms with E-state index in [9.17, 15) is 4.39 Å². The van der Waals surface area contributed by atoms with E-state index in [1.54, 1.807) is 18.2 Å². The van der Waals surface area contributed by atoms with Gasteiger partial charge in [0.05, 0.1) is 13.2 Å². The number of ether oxygens (including phenoxy) is 2. The Morgan fingerprint density at radius 1 is 1.21 bits per heavy atom. The molecule has 0 fully saturated rings. The normalized spacial score (nSPS) is 17.9. The molecule has 0 radical (unpaired) electrons. The highest BCUT2D eigenvalue weighted by Gasteiger charge is 2.25. The number of alkyl halides is 1. The first-order chi connectivity index (χ1) is 9.13. The number of hydrogen-bond donors (Lipinski definition) is 1. The molecule has 4 heteroatoms. The Kier molecular flexibility index (Phi) is 4.64. The van der Waals surface area contributed by atoms with Gasteiger partial charge in [0.25, 0.3) is 0 Å². The summed E-state index contributed by atoms with van der Waals surface area (Å²) < 4.78 is 25.7. The maximum atomic E-state index is 14.5. The third-order valence-corrected chi connectivity index (χ3v) is 3.59. The Morgan fingerprint density at radius 3 is 2.53 bits per heavy atom. The maximum Gasteiger partial charge on any atom is 0.161 e. The molecule has 0 amide bonds. The summed E-state index contributed by atoms with van der Waals surface area (Å²) in [5, 5.41) is 0. The van der Waals surface area contributed by atoms with Gasteiger partial charge in [0.2, 0.25) is 0 Å². The summed E-state index contributed by atoms with van der Waals surface area (Å²) in [5.74, 6) is 1.36. The Morgan fingerprint density at radius 2 is 1.89 bits per heavy atom. The van der Waals surface area contributed by atoms with E-state index in [1.165, 1.54) is 0 Å². The predicted molar refractivity (Wildman–Crippen MR) is 73.3 cm³/mol. The number of hydrogen-bond acceptors (Lipinski definition) is 3. The Balaban J connectivity index is 2.23. The van der Waals surface area contributed by atoms with Crippen LogP contribution in [-0.2, 0) is 0 Å². The lowest BCUT2D eigenvalue weighted by Crippen LogP contribution is -2.24. The van der Waals surface area contributed by atoms with Crippen LogP contribution in [0.4, 0.5) is 4.39 Å². The Hall–Kier alpha value is -1.29. The molecule has 2 N–H and O–H groups in total. The zero-order valence-electron chi connectivity index (χ0n) is 11.6. The van der Waals surface area contributed by atoms with Crippen LogP contribution in [0.15, 0.2) is 18.2 Å². The van der Waals surface area contributed by atoms with Crippen molar-refractivity contribution >= 4 is 0 Å². The minimum Gasteiger partial charge on any atom is -0.490 e. The van der Waals surface area contributed by atoms with Crippen LogP contribution in [0.5, 0.6) is 11.5 Å². The first kappa shape index (κ1) is 14.1. The van der Waals surface area contributed by atoms with Crippen LogP contribution < -0.4 is 15.2 Å². The molecular formula is C15H22FNO2. The fourth-order valence-electron chi connectivity index (χ4n) is 2.33. The molecule has 0 aromatic heterocycles. The molecule has 19 heavy (non-hydrogen) atoms.